The van der Waals surface area contributed by atoms with Crippen molar-refractivity contribution < 1.29 is 22.7 Å². The summed E-state index contributed by atoms with van der Waals surface area (Å²) >= 11 is 5.58. The average molecular weight is 322 g/mol. The largest absolute Gasteiger partial charge is 0.480 e. The minimum atomic E-state index is -4.00. The molecule has 0 aliphatic carbocycles. The van der Waals surface area contributed by atoms with Crippen LogP contribution in [-0.4, -0.2) is 36.4 Å². The molecule has 0 saturated carbocycles. The van der Waals surface area contributed by atoms with Crippen molar-refractivity contribution in [2.45, 2.75) is 24.3 Å². The number of aliphatic carboxylic acids is 1. The van der Waals surface area contributed by atoms with Crippen molar-refractivity contribution >= 4 is 27.6 Å². The summed E-state index contributed by atoms with van der Waals surface area (Å²) in [7, 11) is -4.00. The quantitative estimate of drug-likeness (QED) is 0.923. The molecule has 2 rings (SSSR count). The summed E-state index contributed by atoms with van der Waals surface area (Å²) in [5.74, 6) is -2.19. The van der Waals surface area contributed by atoms with E-state index in [4.69, 9.17) is 11.6 Å². The van der Waals surface area contributed by atoms with E-state index in [1.54, 1.807) is 6.92 Å². The van der Waals surface area contributed by atoms with E-state index in [0.717, 1.165) is 22.5 Å². The van der Waals surface area contributed by atoms with Crippen LogP contribution in [0.25, 0.3) is 0 Å². The second-order valence-electron chi connectivity index (χ2n) is 4.74. The van der Waals surface area contributed by atoms with Gasteiger partial charge in [0.2, 0.25) is 10.0 Å². The number of nitrogens with zero attached hydrogens (tertiary/aromatic N) is 1. The number of halogens is 2. The van der Waals surface area contributed by atoms with Crippen LogP contribution in [0.15, 0.2) is 23.1 Å². The zero-order chi connectivity index (χ0) is 15.1. The highest BCUT2D eigenvalue weighted by atomic mass is 35.5. The van der Waals surface area contributed by atoms with Gasteiger partial charge < -0.3 is 5.11 Å². The normalized spacial score (nSPS) is 23.9. The summed E-state index contributed by atoms with van der Waals surface area (Å²) in [5, 5.41) is 8.86. The Labute approximate surface area is 121 Å². The van der Waals surface area contributed by atoms with Crippen molar-refractivity contribution in [1.82, 2.24) is 4.31 Å². The molecule has 2 unspecified atom stereocenters. The standard InChI is InChI=1S/C12H13ClFNO4S/c1-7-4-5-15(11(7)12(16)17)20(18,19)8-2-3-10(14)9(13)6-8/h2-3,6-7,11H,4-5H2,1H3,(H,16,17). The predicted molar refractivity (Wildman–Crippen MR) is 70.5 cm³/mol. The van der Waals surface area contributed by atoms with E-state index in [1.165, 1.54) is 0 Å². The first-order chi connectivity index (χ1) is 9.25. The van der Waals surface area contributed by atoms with Crippen LogP contribution < -0.4 is 0 Å². The van der Waals surface area contributed by atoms with Crippen molar-refractivity contribution in [3.63, 3.8) is 0 Å². The Morgan fingerprint density at radius 1 is 1.50 bits per heavy atom. The molecular formula is C12H13ClFNO4S. The van der Waals surface area contributed by atoms with E-state index in [0.29, 0.717) is 6.42 Å². The first kappa shape index (κ1) is 15.2. The van der Waals surface area contributed by atoms with E-state index >= 15 is 0 Å². The Morgan fingerprint density at radius 3 is 2.70 bits per heavy atom. The molecule has 1 aromatic carbocycles. The number of hydrogen-bond acceptors (Lipinski definition) is 3. The third kappa shape index (κ3) is 2.53. The molecule has 2 atom stereocenters. The summed E-state index contributed by atoms with van der Waals surface area (Å²) in [6.45, 7) is 1.81. The second kappa shape index (κ2) is 5.31. The molecule has 1 fully saturated rings. The highest BCUT2D eigenvalue weighted by Crippen LogP contribution is 2.31. The smallest absolute Gasteiger partial charge is 0.322 e. The van der Waals surface area contributed by atoms with E-state index in [1.807, 2.05) is 0 Å². The summed E-state index contributed by atoms with van der Waals surface area (Å²) < 4.78 is 38.9. The lowest BCUT2D eigenvalue weighted by molar-refractivity contribution is -0.141. The highest BCUT2D eigenvalue weighted by Gasteiger charge is 2.43. The molecular weight excluding hydrogens is 309 g/mol. The van der Waals surface area contributed by atoms with Gasteiger partial charge in [0.15, 0.2) is 0 Å². The van der Waals surface area contributed by atoms with Gasteiger partial charge in [-0.3, -0.25) is 4.79 Å². The number of carboxylic acid groups (broad SMARTS) is 1. The van der Waals surface area contributed by atoms with Gasteiger partial charge in [-0.25, -0.2) is 12.8 Å². The zero-order valence-electron chi connectivity index (χ0n) is 10.6. The Hall–Kier alpha value is -1.18. The third-order valence-corrected chi connectivity index (χ3v) is 5.57. The topological polar surface area (TPSA) is 74.7 Å². The van der Waals surface area contributed by atoms with E-state index in [9.17, 15) is 22.7 Å². The average Bonchev–Trinajstić information content (AvgIpc) is 2.75. The number of benzene rings is 1. The van der Waals surface area contributed by atoms with Crippen LogP contribution in [0.4, 0.5) is 4.39 Å². The summed E-state index contributed by atoms with van der Waals surface area (Å²) in [6, 6.07) is 1.92. The maximum Gasteiger partial charge on any atom is 0.322 e. The van der Waals surface area contributed by atoms with Gasteiger partial charge in [-0.2, -0.15) is 4.31 Å². The molecule has 0 bridgehead atoms. The van der Waals surface area contributed by atoms with Gasteiger partial charge in [0.05, 0.1) is 9.92 Å². The van der Waals surface area contributed by atoms with Crippen LogP contribution in [0.5, 0.6) is 0 Å². The van der Waals surface area contributed by atoms with E-state index in [2.05, 4.69) is 0 Å². The number of hydrogen-bond donors (Lipinski definition) is 1. The van der Waals surface area contributed by atoms with Crippen LogP contribution in [0, 0.1) is 11.7 Å². The molecule has 110 valence electrons. The molecule has 0 radical (unpaired) electrons. The fraction of sp³-hybridized carbons (Fsp3) is 0.417. The summed E-state index contributed by atoms with van der Waals surface area (Å²) in [4.78, 5) is 11.0. The maximum atomic E-state index is 13.1. The molecule has 1 aliphatic rings. The number of rotatable bonds is 3. The van der Waals surface area contributed by atoms with Crippen molar-refractivity contribution in [2.24, 2.45) is 5.92 Å². The fourth-order valence-corrected chi connectivity index (χ4v) is 4.29. The number of carboxylic acids is 1. The molecule has 5 nitrogen and oxygen atoms in total. The molecule has 1 N–H and O–H groups in total. The first-order valence-corrected chi connectivity index (χ1v) is 7.76. The van der Waals surface area contributed by atoms with E-state index < -0.39 is 27.9 Å². The van der Waals surface area contributed by atoms with E-state index in [-0.39, 0.29) is 22.4 Å². The summed E-state index contributed by atoms with van der Waals surface area (Å²) in [6.07, 6.45) is 0.463. The molecule has 8 heteroatoms. The minimum absolute atomic E-state index is 0.120. The maximum absolute atomic E-state index is 13.1. The number of carbonyl (C=O) groups is 1. The lowest BCUT2D eigenvalue weighted by Gasteiger charge is -2.22. The van der Waals surface area contributed by atoms with Gasteiger partial charge in [-0.15, -0.1) is 0 Å². The van der Waals surface area contributed by atoms with Gasteiger partial charge in [0, 0.05) is 6.54 Å². The zero-order valence-corrected chi connectivity index (χ0v) is 12.2. The highest BCUT2D eigenvalue weighted by molar-refractivity contribution is 7.89. The van der Waals surface area contributed by atoms with Crippen LogP contribution in [0.1, 0.15) is 13.3 Å². The summed E-state index contributed by atoms with van der Waals surface area (Å²) in [5.41, 5.74) is 0. The van der Waals surface area contributed by atoms with Gasteiger partial charge in [-0.05, 0) is 30.5 Å². The van der Waals surface area contributed by atoms with Crippen molar-refractivity contribution in [3.05, 3.63) is 29.0 Å². The van der Waals surface area contributed by atoms with Crippen molar-refractivity contribution in [1.29, 1.82) is 0 Å². The molecule has 20 heavy (non-hydrogen) atoms. The molecule has 1 heterocycles. The van der Waals surface area contributed by atoms with Gasteiger partial charge in [0.1, 0.15) is 11.9 Å². The Morgan fingerprint density at radius 2 is 2.15 bits per heavy atom. The Bertz CT molecular complexity index is 649. The minimum Gasteiger partial charge on any atom is -0.480 e. The first-order valence-electron chi connectivity index (χ1n) is 5.95. The monoisotopic (exact) mass is 321 g/mol. The van der Waals surface area contributed by atoms with Crippen molar-refractivity contribution in [3.8, 4) is 0 Å². The van der Waals surface area contributed by atoms with Gasteiger partial charge >= 0.3 is 5.97 Å². The van der Waals surface area contributed by atoms with Crippen LogP contribution in [-0.2, 0) is 14.8 Å². The third-order valence-electron chi connectivity index (χ3n) is 3.40. The van der Waals surface area contributed by atoms with Crippen LogP contribution in [0.3, 0.4) is 0 Å². The van der Waals surface area contributed by atoms with Crippen LogP contribution in [0.2, 0.25) is 5.02 Å². The second-order valence-corrected chi connectivity index (χ2v) is 7.04. The predicted octanol–water partition coefficient (Wildman–Crippen LogP) is 1.96. The van der Waals surface area contributed by atoms with Crippen molar-refractivity contribution in [2.75, 3.05) is 6.54 Å². The molecule has 1 aromatic rings. The molecule has 1 saturated heterocycles. The Balaban J connectivity index is 2.44. The van der Waals surface area contributed by atoms with Gasteiger partial charge in [-0.1, -0.05) is 18.5 Å². The molecule has 0 amide bonds. The SMILES string of the molecule is CC1CCN(S(=O)(=O)c2ccc(F)c(Cl)c2)C1C(=O)O. The molecule has 1 aliphatic heterocycles. The van der Waals surface area contributed by atoms with Crippen LogP contribution >= 0.6 is 11.6 Å². The lowest BCUT2D eigenvalue weighted by Crippen LogP contribution is -2.42. The van der Waals surface area contributed by atoms with Gasteiger partial charge in [0.25, 0.3) is 0 Å². The molecule has 0 aromatic heterocycles. The number of sulfonamides is 1. The Kier molecular flexibility index (Phi) is 4.04. The molecule has 0 spiro atoms. The lowest BCUT2D eigenvalue weighted by atomic mass is 10.0. The fourth-order valence-electron chi connectivity index (χ4n) is 2.32.